The summed E-state index contributed by atoms with van der Waals surface area (Å²) >= 11 is 0. The van der Waals surface area contributed by atoms with Crippen molar-refractivity contribution in [1.29, 1.82) is 0 Å². The number of carbonyl (C=O) groups excluding carboxylic acids is 1. The molecule has 1 aliphatic heterocycles. The normalized spacial score (nSPS) is 27.0. The Balaban J connectivity index is 2.11. The molecule has 1 saturated carbocycles. The average Bonchev–Trinajstić information content (AvgIpc) is 2.55. The topological polar surface area (TPSA) is 63.2 Å². The van der Waals surface area contributed by atoms with Gasteiger partial charge in [0.1, 0.15) is 4.91 Å². The van der Waals surface area contributed by atoms with E-state index in [1.54, 1.807) is 24.3 Å². The lowest BCUT2D eigenvalue weighted by Crippen LogP contribution is -2.51. The zero-order valence-electron chi connectivity index (χ0n) is 15.2. The van der Waals surface area contributed by atoms with Crippen molar-refractivity contribution >= 4 is 15.6 Å². The summed E-state index contributed by atoms with van der Waals surface area (Å²) in [4.78, 5) is 13.5. The molecule has 1 fully saturated rings. The van der Waals surface area contributed by atoms with E-state index in [0.717, 1.165) is 31.2 Å². The lowest BCUT2D eigenvalue weighted by molar-refractivity contribution is -0.122. The monoisotopic (exact) mass is 361 g/mol. The Morgan fingerprint density at radius 1 is 1.16 bits per heavy atom. The molecule has 0 spiro atoms. The molecule has 0 unspecified atom stereocenters. The Bertz CT molecular complexity index is 793. The van der Waals surface area contributed by atoms with Crippen molar-refractivity contribution < 1.29 is 13.2 Å². The van der Waals surface area contributed by atoms with Crippen molar-refractivity contribution in [3.8, 4) is 0 Å². The molecule has 0 amide bonds. The zero-order valence-corrected chi connectivity index (χ0v) is 16.0. The Labute approximate surface area is 150 Å². The van der Waals surface area contributed by atoms with Crippen molar-refractivity contribution in [3.63, 3.8) is 0 Å². The molecular weight excluding hydrogens is 334 g/mol. The SMILES string of the molecule is CCCC1=C(S(=O)(=O)c2ccc(C)cc2)C(=O)[C@H]2[C@H](CCC[C@@H]2C)N1. The number of hydrogen-bond acceptors (Lipinski definition) is 4. The molecule has 3 rings (SSSR count). The van der Waals surface area contributed by atoms with Crippen LogP contribution in [0.5, 0.6) is 0 Å². The van der Waals surface area contributed by atoms with Crippen LogP contribution in [0.25, 0.3) is 0 Å². The van der Waals surface area contributed by atoms with Gasteiger partial charge in [-0.2, -0.15) is 0 Å². The number of fused-ring (bicyclic) bond motifs is 1. The Morgan fingerprint density at radius 2 is 1.84 bits per heavy atom. The van der Waals surface area contributed by atoms with Crippen molar-refractivity contribution in [2.45, 2.75) is 63.8 Å². The largest absolute Gasteiger partial charge is 0.384 e. The molecule has 3 atom stereocenters. The molecule has 5 heteroatoms. The van der Waals surface area contributed by atoms with Gasteiger partial charge in [0.25, 0.3) is 0 Å². The number of hydrogen-bond donors (Lipinski definition) is 1. The minimum absolute atomic E-state index is 0.00760. The van der Waals surface area contributed by atoms with E-state index in [0.29, 0.717) is 12.1 Å². The number of nitrogens with one attached hydrogen (secondary N) is 1. The Hall–Kier alpha value is -1.62. The van der Waals surface area contributed by atoms with Gasteiger partial charge in [0.05, 0.1) is 4.90 Å². The van der Waals surface area contributed by atoms with Crippen LogP contribution in [-0.2, 0) is 14.6 Å². The molecule has 1 aromatic carbocycles. The van der Waals surface area contributed by atoms with Crippen LogP contribution in [0, 0.1) is 18.8 Å². The molecule has 0 saturated heterocycles. The van der Waals surface area contributed by atoms with Crippen molar-refractivity contribution in [3.05, 3.63) is 40.4 Å². The minimum atomic E-state index is -3.81. The van der Waals surface area contributed by atoms with Gasteiger partial charge in [-0.05, 0) is 44.2 Å². The summed E-state index contributed by atoms with van der Waals surface area (Å²) in [5, 5.41) is 3.43. The molecule has 25 heavy (non-hydrogen) atoms. The Morgan fingerprint density at radius 3 is 2.48 bits per heavy atom. The van der Waals surface area contributed by atoms with Crippen molar-refractivity contribution in [2.24, 2.45) is 11.8 Å². The first-order valence-electron chi connectivity index (χ1n) is 9.22. The van der Waals surface area contributed by atoms with Gasteiger partial charge in [-0.3, -0.25) is 4.79 Å². The highest BCUT2D eigenvalue weighted by Gasteiger charge is 2.45. The van der Waals surface area contributed by atoms with Gasteiger partial charge in [-0.25, -0.2) is 8.42 Å². The van der Waals surface area contributed by atoms with E-state index in [1.807, 2.05) is 13.8 Å². The zero-order chi connectivity index (χ0) is 18.2. The van der Waals surface area contributed by atoms with E-state index in [4.69, 9.17) is 0 Å². The summed E-state index contributed by atoms with van der Waals surface area (Å²) in [5.41, 5.74) is 1.61. The number of benzene rings is 1. The molecule has 1 heterocycles. The minimum Gasteiger partial charge on any atom is -0.384 e. The second-order valence-electron chi connectivity index (χ2n) is 7.42. The van der Waals surface area contributed by atoms with Crippen molar-refractivity contribution in [2.75, 3.05) is 0 Å². The molecule has 1 N–H and O–H groups in total. The van der Waals surface area contributed by atoms with Crippen LogP contribution in [0.2, 0.25) is 0 Å². The number of aryl methyl sites for hydroxylation is 1. The first-order chi connectivity index (χ1) is 11.9. The van der Waals surface area contributed by atoms with Gasteiger partial charge in [-0.1, -0.05) is 44.4 Å². The molecule has 2 aliphatic rings. The maximum Gasteiger partial charge on any atom is 0.211 e. The number of carbonyl (C=O) groups is 1. The molecule has 1 aromatic rings. The summed E-state index contributed by atoms with van der Waals surface area (Å²) in [7, 11) is -3.81. The van der Waals surface area contributed by atoms with Crippen LogP contribution in [0.1, 0.15) is 51.5 Å². The summed E-state index contributed by atoms with van der Waals surface area (Å²) in [6.07, 6.45) is 4.39. The molecular formula is C20H27NO3S. The van der Waals surface area contributed by atoms with Gasteiger partial charge < -0.3 is 5.32 Å². The molecule has 0 aromatic heterocycles. The second kappa shape index (κ2) is 6.94. The fourth-order valence-electron chi connectivity index (χ4n) is 4.17. The van der Waals surface area contributed by atoms with Crippen LogP contribution in [0.15, 0.2) is 39.8 Å². The standard InChI is InChI=1S/C20H27NO3S/c1-4-6-17-20(25(23,24)15-11-9-13(2)10-12-15)19(22)18-14(3)7-5-8-16(18)21-17/h9-12,14,16,18,21H,4-8H2,1-3H3/t14-,16-,18+/m0/s1. The third-order valence-corrected chi connectivity index (χ3v) is 7.36. The Kier molecular flexibility index (Phi) is 5.05. The highest BCUT2D eigenvalue weighted by atomic mass is 32.2. The van der Waals surface area contributed by atoms with Crippen LogP contribution >= 0.6 is 0 Å². The molecule has 0 bridgehead atoms. The number of Topliss-reactive ketones (excluding diaryl/α,β-unsaturated/α-hetero) is 1. The molecule has 0 radical (unpaired) electrons. The quantitative estimate of drug-likeness (QED) is 0.887. The first kappa shape index (κ1) is 18.2. The van der Waals surface area contributed by atoms with Gasteiger partial charge in [0.15, 0.2) is 5.78 Å². The van der Waals surface area contributed by atoms with E-state index in [-0.39, 0.29) is 33.5 Å². The molecule has 136 valence electrons. The van der Waals surface area contributed by atoms with Gasteiger partial charge in [-0.15, -0.1) is 0 Å². The maximum atomic E-state index is 13.3. The third kappa shape index (κ3) is 3.26. The summed E-state index contributed by atoms with van der Waals surface area (Å²) in [6, 6.07) is 6.84. The molecule has 4 nitrogen and oxygen atoms in total. The molecule has 1 aliphatic carbocycles. The summed E-state index contributed by atoms with van der Waals surface area (Å²) in [6.45, 7) is 5.99. The van der Waals surface area contributed by atoms with Gasteiger partial charge >= 0.3 is 0 Å². The number of allylic oxidation sites excluding steroid dienone is 2. The maximum absolute atomic E-state index is 13.3. The van der Waals surface area contributed by atoms with Crippen LogP contribution < -0.4 is 5.32 Å². The van der Waals surface area contributed by atoms with Crippen LogP contribution in [0.4, 0.5) is 0 Å². The third-order valence-electron chi connectivity index (χ3n) is 5.48. The number of rotatable bonds is 4. The predicted molar refractivity (Wildman–Crippen MR) is 98.7 cm³/mol. The predicted octanol–water partition coefficient (Wildman–Crippen LogP) is 3.76. The summed E-state index contributed by atoms with van der Waals surface area (Å²) < 4.78 is 26.5. The second-order valence-corrected chi connectivity index (χ2v) is 9.31. The average molecular weight is 362 g/mol. The van der Waals surface area contributed by atoms with E-state index in [2.05, 4.69) is 12.2 Å². The lowest BCUT2D eigenvalue weighted by Gasteiger charge is -2.41. The summed E-state index contributed by atoms with van der Waals surface area (Å²) in [5.74, 6) is -0.199. The van der Waals surface area contributed by atoms with Gasteiger partial charge in [0, 0.05) is 17.7 Å². The van der Waals surface area contributed by atoms with Crippen LogP contribution in [-0.4, -0.2) is 20.2 Å². The van der Waals surface area contributed by atoms with Gasteiger partial charge in [0.2, 0.25) is 9.84 Å². The first-order valence-corrected chi connectivity index (χ1v) is 10.7. The van der Waals surface area contributed by atoms with Crippen LogP contribution in [0.3, 0.4) is 0 Å². The lowest BCUT2D eigenvalue weighted by atomic mass is 9.72. The van der Waals surface area contributed by atoms with E-state index in [9.17, 15) is 13.2 Å². The highest BCUT2D eigenvalue weighted by molar-refractivity contribution is 7.96. The number of ketones is 1. The fraction of sp³-hybridized carbons (Fsp3) is 0.550. The van der Waals surface area contributed by atoms with E-state index >= 15 is 0 Å². The number of sulfone groups is 1. The smallest absolute Gasteiger partial charge is 0.211 e. The fourth-order valence-corrected chi connectivity index (χ4v) is 5.79. The van der Waals surface area contributed by atoms with Crippen molar-refractivity contribution in [1.82, 2.24) is 5.32 Å². The van der Waals surface area contributed by atoms with E-state index in [1.165, 1.54) is 0 Å². The highest BCUT2D eigenvalue weighted by Crippen LogP contribution is 2.39. The van der Waals surface area contributed by atoms with E-state index < -0.39 is 9.84 Å².